The molecule has 1 aromatic heterocycles. The van der Waals surface area contributed by atoms with Crippen LogP contribution >= 0.6 is 0 Å². The van der Waals surface area contributed by atoms with Gasteiger partial charge in [-0.3, -0.25) is 9.89 Å². The highest BCUT2D eigenvalue weighted by molar-refractivity contribution is 6.02. The monoisotopic (exact) mass is 408 g/mol. The maximum atomic E-state index is 13.5. The second-order valence-electron chi connectivity index (χ2n) is 8.44. The van der Waals surface area contributed by atoms with Gasteiger partial charge in [-0.2, -0.15) is 5.10 Å². The fraction of sp³-hybridized carbons (Fsp3) is 0.318. The quantitative estimate of drug-likeness (QED) is 0.696. The summed E-state index contributed by atoms with van der Waals surface area (Å²) in [7, 11) is 0. The van der Waals surface area contributed by atoms with Crippen molar-refractivity contribution in [1.82, 2.24) is 15.1 Å². The lowest BCUT2D eigenvalue weighted by Crippen LogP contribution is -2.25. The number of hydrogen-bond acceptors (Lipinski definition) is 5. The second kappa shape index (κ2) is 6.55. The smallest absolute Gasteiger partial charge is 0.258 e. The van der Waals surface area contributed by atoms with Crippen molar-refractivity contribution in [3.63, 3.8) is 0 Å². The first-order chi connectivity index (χ1) is 14.3. The van der Waals surface area contributed by atoms with Crippen LogP contribution in [0.25, 0.3) is 10.9 Å². The summed E-state index contributed by atoms with van der Waals surface area (Å²) in [6.45, 7) is 5.20. The van der Waals surface area contributed by atoms with Crippen molar-refractivity contribution in [2.24, 2.45) is 4.99 Å². The molecule has 0 saturated carbocycles. The van der Waals surface area contributed by atoms with E-state index in [0.717, 1.165) is 16.5 Å². The second-order valence-corrected chi connectivity index (χ2v) is 8.44. The number of phenolic OH excluding ortho intramolecular Hbond substituents is 1. The van der Waals surface area contributed by atoms with Crippen LogP contribution in [0.5, 0.6) is 5.75 Å². The third-order valence-electron chi connectivity index (χ3n) is 5.50. The van der Waals surface area contributed by atoms with E-state index < -0.39 is 0 Å². The van der Waals surface area contributed by atoms with Crippen molar-refractivity contribution in [2.45, 2.75) is 38.9 Å². The summed E-state index contributed by atoms with van der Waals surface area (Å²) in [4.78, 5) is 19.3. The summed E-state index contributed by atoms with van der Waals surface area (Å²) >= 11 is 0. The number of rotatable bonds is 3. The van der Waals surface area contributed by atoms with Crippen LogP contribution < -0.4 is 0 Å². The van der Waals surface area contributed by atoms with Crippen molar-refractivity contribution in [2.75, 3.05) is 6.61 Å². The van der Waals surface area contributed by atoms with Gasteiger partial charge in [-0.1, -0.05) is 6.07 Å². The first-order valence-corrected chi connectivity index (χ1v) is 9.77. The number of phenols is 1. The molecule has 7 nitrogen and oxygen atoms in total. The van der Waals surface area contributed by atoms with Crippen LogP contribution in [0.4, 0.5) is 4.39 Å². The molecule has 5 rings (SSSR count). The van der Waals surface area contributed by atoms with Gasteiger partial charge in [0, 0.05) is 24.5 Å². The molecule has 0 fully saturated rings. The fourth-order valence-corrected chi connectivity index (χ4v) is 3.99. The topological polar surface area (TPSA) is 90.8 Å². The van der Waals surface area contributed by atoms with Gasteiger partial charge in [0.1, 0.15) is 18.2 Å². The van der Waals surface area contributed by atoms with Crippen LogP contribution in [0.15, 0.2) is 35.3 Å². The van der Waals surface area contributed by atoms with E-state index in [1.165, 1.54) is 18.2 Å². The number of fused-ring (bicyclic) bond motifs is 2. The number of nitrogens with one attached hydrogen (secondary N) is 1. The molecule has 0 unspecified atom stereocenters. The van der Waals surface area contributed by atoms with Crippen LogP contribution in [0.2, 0.25) is 0 Å². The van der Waals surface area contributed by atoms with Crippen molar-refractivity contribution >= 4 is 22.7 Å². The number of nitrogens with zero attached hydrogens (tertiary/aromatic N) is 3. The lowest BCUT2D eigenvalue weighted by atomic mass is 10.1. The normalized spacial score (nSPS) is 17.2. The number of hydrogen-bond donors (Lipinski definition) is 2. The average Bonchev–Trinajstić information content (AvgIpc) is 3.37. The molecule has 154 valence electrons. The van der Waals surface area contributed by atoms with Crippen LogP contribution in [-0.4, -0.2) is 44.2 Å². The van der Waals surface area contributed by atoms with Gasteiger partial charge in [-0.25, -0.2) is 9.38 Å². The zero-order valence-electron chi connectivity index (χ0n) is 16.7. The first-order valence-electron chi connectivity index (χ1n) is 9.77. The number of aromatic nitrogens is 2. The van der Waals surface area contributed by atoms with Crippen LogP contribution in [-0.2, 0) is 24.2 Å². The van der Waals surface area contributed by atoms with Gasteiger partial charge in [0.2, 0.25) is 0 Å². The Morgan fingerprint density at radius 3 is 2.83 bits per heavy atom. The number of carbonyl (C=O) groups is 1. The van der Waals surface area contributed by atoms with Crippen LogP contribution in [0.1, 0.15) is 41.0 Å². The zero-order valence-corrected chi connectivity index (χ0v) is 16.7. The van der Waals surface area contributed by atoms with Crippen molar-refractivity contribution in [3.05, 3.63) is 58.5 Å². The molecule has 2 aliphatic heterocycles. The number of halogens is 1. The van der Waals surface area contributed by atoms with Gasteiger partial charge >= 0.3 is 0 Å². The molecule has 30 heavy (non-hydrogen) atoms. The Bertz CT molecular complexity index is 1210. The number of benzene rings is 2. The van der Waals surface area contributed by atoms with Gasteiger partial charge in [-0.05, 0) is 43.2 Å². The van der Waals surface area contributed by atoms with E-state index in [9.17, 15) is 14.3 Å². The summed E-state index contributed by atoms with van der Waals surface area (Å²) in [5.74, 6) is -0.156. The van der Waals surface area contributed by atoms with Gasteiger partial charge < -0.3 is 14.7 Å². The first kappa shape index (κ1) is 18.6. The molecular weight excluding hydrogens is 387 g/mol. The molecule has 0 atom stereocenters. The van der Waals surface area contributed by atoms with Gasteiger partial charge in [-0.15, -0.1) is 0 Å². The molecule has 1 amide bonds. The average molecular weight is 408 g/mol. The molecule has 8 heteroatoms. The Hall–Kier alpha value is -3.42. The van der Waals surface area contributed by atoms with E-state index in [-0.39, 0.29) is 28.6 Å². The molecule has 0 saturated heterocycles. The van der Waals surface area contributed by atoms with Gasteiger partial charge in [0.05, 0.1) is 28.7 Å². The van der Waals surface area contributed by atoms with E-state index in [0.29, 0.717) is 43.2 Å². The van der Waals surface area contributed by atoms with E-state index in [2.05, 4.69) is 15.2 Å². The Balaban J connectivity index is 1.45. The van der Waals surface area contributed by atoms with E-state index in [1.54, 1.807) is 17.0 Å². The Morgan fingerprint density at radius 2 is 2.07 bits per heavy atom. The number of aliphatic imine (C=N–C) groups is 1. The number of carbonyl (C=O) groups excluding carboxylic acids is 1. The predicted octanol–water partition coefficient (Wildman–Crippen LogP) is 3.31. The number of ether oxygens (including phenoxy) is 1. The lowest BCUT2D eigenvalue weighted by molar-refractivity contribution is 0.0748. The predicted molar refractivity (Wildman–Crippen MR) is 109 cm³/mol. The maximum absolute atomic E-state index is 13.5. The highest BCUT2D eigenvalue weighted by atomic mass is 19.1. The summed E-state index contributed by atoms with van der Waals surface area (Å²) < 4.78 is 19.2. The highest BCUT2D eigenvalue weighted by Crippen LogP contribution is 2.31. The molecule has 0 aliphatic carbocycles. The minimum atomic E-state index is -0.324. The third-order valence-corrected chi connectivity index (χ3v) is 5.50. The van der Waals surface area contributed by atoms with E-state index in [4.69, 9.17) is 4.74 Å². The Kier molecular flexibility index (Phi) is 4.06. The van der Waals surface area contributed by atoms with Crippen molar-refractivity contribution in [3.8, 4) is 5.75 Å². The number of aromatic hydroxyl groups is 1. The standard InChI is InChI=1S/C22H21FN4O3/c1-22(2)11-30-20(24-22)8-18-15-6-16(19(28)7-17(15)25-26-18)21(29)27-9-12-3-4-14(23)5-13(12)10-27/h3-7,28H,8-11H2,1-2H3,(H,25,26). The van der Waals surface area contributed by atoms with Crippen molar-refractivity contribution in [1.29, 1.82) is 0 Å². The molecule has 0 radical (unpaired) electrons. The summed E-state index contributed by atoms with van der Waals surface area (Å²) in [5, 5.41) is 18.4. The molecule has 0 bridgehead atoms. The number of amides is 1. The van der Waals surface area contributed by atoms with Gasteiger partial charge in [0.15, 0.2) is 5.90 Å². The maximum Gasteiger partial charge on any atom is 0.258 e. The molecule has 0 spiro atoms. The zero-order chi connectivity index (χ0) is 21.0. The Labute approximate surface area is 172 Å². The Morgan fingerprint density at radius 1 is 1.27 bits per heavy atom. The summed E-state index contributed by atoms with van der Waals surface area (Å²) in [6, 6.07) is 7.69. The molecule has 2 N–H and O–H groups in total. The molecular formula is C22H21FN4O3. The van der Waals surface area contributed by atoms with E-state index >= 15 is 0 Å². The molecule has 3 heterocycles. The number of H-pyrrole nitrogens is 1. The molecule has 2 aromatic carbocycles. The number of aromatic amines is 1. The lowest BCUT2D eigenvalue weighted by Gasteiger charge is -2.16. The largest absolute Gasteiger partial charge is 0.507 e. The van der Waals surface area contributed by atoms with E-state index in [1.807, 2.05) is 13.8 Å². The molecule has 3 aromatic rings. The minimum Gasteiger partial charge on any atom is -0.507 e. The van der Waals surface area contributed by atoms with Crippen LogP contribution in [0.3, 0.4) is 0 Å². The van der Waals surface area contributed by atoms with Crippen molar-refractivity contribution < 1.29 is 19.0 Å². The summed E-state index contributed by atoms with van der Waals surface area (Å²) in [5.41, 5.74) is 2.95. The van der Waals surface area contributed by atoms with Gasteiger partial charge in [0.25, 0.3) is 5.91 Å². The summed E-state index contributed by atoms with van der Waals surface area (Å²) in [6.07, 6.45) is 0.399. The fourth-order valence-electron chi connectivity index (χ4n) is 3.99. The van der Waals surface area contributed by atoms with Crippen LogP contribution in [0, 0.1) is 5.82 Å². The molecule has 2 aliphatic rings. The minimum absolute atomic E-state index is 0.125. The highest BCUT2D eigenvalue weighted by Gasteiger charge is 2.29. The SMILES string of the molecule is CC1(C)COC(Cc2n[nH]c3cc(O)c(C(=O)N4Cc5ccc(F)cc5C4)cc23)=N1. The third kappa shape index (κ3) is 3.18.